The van der Waals surface area contributed by atoms with E-state index in [0.29, 0.717) is 5.56 Å². The molecule has 2 aromatic carbocycles. The number of diazo groups is 1. The summed E-state index contributed by atoms with van der Waals surface area (Å²) in [5.41, 5.74) is 6.04. The van der Waals surface area contributed by atoms with Gasteiger partial charge in [0.15, 0.2) is 10.5 Å². The maximum absolute atomic E-state index is 13.4. The molecule has 0 atom stereocenters. The van der Waals surface area contributed by atoms with Gasteiger partial charge in [-0.1, -0.05) is 24.3 Å². The van der Waals surface area contributed by atoms with Gasteiger partial charge in [-0.25, -0.2) is 0 Å². The van der Waals surface area contributed by atoms with Gasteiger partial charge >= 0.3 is 15.2 Å². The summed E-state index contributed by atoms with van der Waals surface area (Å²) in [7, 11) is -5.04. The summed E-state index contributed by atoms with van der Waals surface area (Å²) in [5.74, 6) is -1.22. The van der Waals surface area contributed by atoms with Crippen molar-refractivity contribution >= 4 is 10.1 Å². The Morgan fingerprint density at radius 2 is 1.63 bits per heavy atom. The average Bonchev–Trinajstić information content (AvgIpc) is 2.86. The SMILES string of the molecule is N#[N+]N=c1cccc2c(=O)c(=O)c(=NN=[N-])c(S(=O)(=O)Oc3ccc(Cc4ccc(O)cc4O)c(O)c3)c1-2. The highest BCUT2D eigenvalue weighted by molar-refractivity contribution is 7.87. The lowest BCUT2D eigenvalue weighted by Crippen LogP contribution is -2.45. The lowest BCUT2D eigenvalue weighted by atomic mass is 10.0. The average molecular weight is 534 g/mol. The van der Waals surface area contributed by atoms with Crippen LogP contribution in [0.25, 0.3) is 21.7 Å². The molecule has 0 aromatic heterocycles. The molecule has 2 aromatic rings. The van der Waals surface area contributed by atoms with Crippen LogP contribution in [0.1, 0.15) is 11.1 Å². The second kappa shape index (κ2) is 9.87. The molecule has 0 heterocycles. The molecule has 4 rings (SSSR count). The highest BCUT2D eigenvalue weighted by Crippen LogP contribution is 2.31. The molecule has 2 aliphatic rings. The van der Waals surface area contributed by atoms with Crippen molar-refractivity contribution in [1.29, 1.82) is 5.39 Å². The molecular weight excluding hydrogens is 520 g/mol. The number of nitrogens with zero attached hydrogens (tertiary/aromatic N) is 6. The van der Waals surface area contributed by atoms with Crippen molar-refractivity contribution in [3.05, 3.63) is 108 Å². The summed E-state index contributed by atoms with van der Waals surface area (Å²) in [4.78, 5) is 24.2. The normalized spacial score (nSPS) is 12.4. The molecule has 0 spiro atoms. The fraction of sp³-hybridized carbons (Fsp3) is 0.0435. The molecule has 14 nitrogen and oxygen atoms in total. The van der Waals surface area contributed by atoms with Crippen molar-refractivity contribution in [2.45, 2.75) is 11.3 Å². The predicted molar refractivity (Wildman–Crippen MR) is 128 cm³/mol. The first-order chi connectivity index (χ1) is 18.1. The van der Waals surface area contributed by atoms with E-state index in [-0.39, 0.29) is 28.8 Å². The van der Waals surface area contributed by atoms with E-state index < -0.39 is 53.9 Å². The van der Waals surface area contributed by atoms with Gasteiger partial charge in [-0.05, 0) is 29.3 Å². The van der Waals surface area contributed by atoms with Crippen LogP contribution in [0.15, 0.2) is 84.5 Å². The van der Waals surface area contributed by atoms with Gasteiger partial charge < -0.3 is 30.1 Å². The van der Waals surface area contributed by atoms with Crippen LogP contribution in [0, 0.1) is 5.39 Å². The van der Waals surface area contributed by atoms with Crippen LogP contribution >= 0.6 is 0 Å². The van der Waals surface area contributed by atoms with Crippen LogP contribution in [0.5, 0.6) is 23.0 Å². The molecule has 0 fully saturated rings. The van der Waals surface area contributed by atoms with Gasteiger partial charge in [0.05, 0.1) is 0 Å². The van der Waals surface area contributed by atoms with Crippen LogP contribution in [0.3, 0.4) is 0 Å². The van der Waals surface area contributed by atoms with Gasteiger partial charge in [-0.3, -0.25) is 14.8 Å². The van der Waals surface area contributed by atoms with E-state index in [4.69, 9.17) is 15.1 Å². The number of hydrogen-bond acceptors (Lipinski definition) is 11. The summed E-state index contributed by atoms with van der Waals surface area (Å²) < 4.78 is 31.9. The smallest absolute Gasteiger partial charge is 0.340 e. The number of aromatic hydroxyl groups is 3. The van der Waals surface area contributed by atoms with Crippen LogP contribution in [0.4, 0.5) is 0 Å². The van der Waals surface area contributed by atoms with E-state index in [0.717, 1.165) is 18.2 Å². The third-order valence-corrected chi connectivity index (χ3v) is 6.72. The van der Waals surface area contributed by atoms with Crippen LogP contribution in [-0.2, 0) is 16.5 Å². The zero-order chi connectivity index (χ0) is 27.6. The Morgan fingerprint density at radius 3 is 2.26 bits per heavy atom. The Balaban J connectivity index is 1.85. The monoisotopic (exact) mass is 534 g/mol. The molecule has 3 N–H and O–H groups in total. The Kier molecular flexibility index (Phi) is 6.65. The second-order valence-electron chi connectivity index (χ2n) is 7.73. The maximum atomic E-state index is 13.4. The first-order valence-corrected chi connectivity index (χ1v) is 11.8. The van der Waals surface area contributed by atoms with Gasteiger partial charge in [0.1, 0.15) is 27.9 Å². The molecule has 0 bridgehead atoms. The van der Waals surface area contributed by atoms with Gasteiger partial charge in [0.2, 0.25) is 10.9 Å². The standard InChI is InChI=1S/C23H14N6O8S/c24-28-26-16-3-1-2-15-19(16)23(20(27-29-25)22(34)21(15)33)38(35,36)37-14-7-5-12(18(32)10-14)8-11-4-6-13(30)9-17(11)31/h1-7,9-10,30-32H,8H2. The fourth-order valence-corrected chi connectivity index (χ4v) is 5.03. The Morgan fingerprint density at radius 1 is 0.947 bits per heavy atom. The molecule has 0 saturated heterocycles. The Hall–Kier alpha value is -5.49. The number of benzene rings is 4. The molecule has 190 valence electrons. The molecule has 15 heteroatoms. The highest BCUT2D eigenvalue weighted by atomic mass is 32.2. The van der Waals surface area contributed by atoms with Gasteiger partial charge in [0.25, 0.3) is 5.39 Å². The lowest BCUT2D eigenvalue weighted by Gasteiger charge is -2.14. The van der Waals surface area contributed by atoms with Crippen molar-refractivity contribution in [3.63, 3.8) is 0 Å². The number of phenols is 3. The third-order valence-electron chi connectivity index (χ3n) is 5.41. The minimum absolute atomic E-state index is 0.0106. The first kappa shape index (κ1) is 25.6. The molecule has 0 amide bonds. The first-order valence-electron chi connectivity index (χ1n) is 10.4. The summed E-state index contributed by atoms with van der Waals surface area (Å²) >= 11 is 0. The van der Waals surface area contributed by atoms with E-state index in [1.165, 1.54) is 36.4 Å². The van der Waals surface area contributed by atoms with Gasteiger partial charge in [0, 0.05) is 35.0 Å². The van der Waals surface area contributed by atoms with E-state index in [1.807, 2.05) is 0 Å². The summed E-state index contributed by atoms with van der Waals surface area (Å²) in [6.45, 7) is 0. The maximum Gasteiger partial charge on any atom is 0.340 e. The number of rotatable bonds is 6. The summed E-state index contributed by atoms with van der Waals surface area (Å²) in [6.07, 6.45) is 0.0106. The predicted octanol–water partition coefficient (Wildman–Crippen LogP) is 1.37. The largest absolute Gasteiger partial charge is 0.508 e. The van der Waals surface area contributed by atoms with E-state index in [2.05, 4.69) is 20.5 Å². The topological polar surface area (TPSA) is 226 Å². The molecule has 0 saturated carbocycles. The molecule has 38 heavy (non-hydrogen) atoms. The number of hydrogen-bond donors (Lipinski definition) is 3. The van der Waals surface area contributed by atoms with Crippen LogP contribution < -0.4 is 25.8 Å². The quantitative estimate of drug-likeness (QED) is 0.106. The number of fused-ring (bicyclic) bond motifs is 1. The van der Waals surface area contributed by atoms with E-state index >= 15 is 0 Å². The van der Waals surface area contributed by atoms with Crippen LogP contribution in [-0.4, -0.2) is 23.7 Å². The minimum Gasteiger partial charge on any atom is -0.508 e. The Bertz CT molecular complexity index is 1960. The zero-order valence-electron chi connectivity index (χ0n) is 18.9. The molecule has 0 unspecified atom stereocenters. The van der Waals surface area contributed by atoms with Crippen molar-refractivity contribution in [1.82, 2.24) is 0 Å². The van der Waals surface area contributed by atoms with E-state index in [1.54, 1.807) is 0 Å². The third kappa shape index (κ3) is 4.66. The minimum atomic E-state index is -5.04. The zero-order valence-corrected chi connectivity index (χ0v) is 19.7. The van der Waals surface area contributed by atoms with Gasteiger partial charge in [-0.2, -0.15) is 8.42 Å². The van der Waals surface area contributed by atoms with Crippen molar-refractivity contribution in [2.75, 3.05) is 0 Å². The van der Waals surface area contributed by atoms with Crippen molar-refractivity contribution < 1.29 is 27.9 Å². The van der Waals surface area contributed by atoms with Crippen molar-refractivity contribution in [2.24, 2.45) is 15.4 Å². The van der Waals surface area contributed by atoms with Gasteiger partial charge in [-0.15, -0.1) is 0 Å². The lowest BCUT2D eigenvalue weighted by molar-refractivity contribution is 0.445. The Labute approximate surface area is 212 Å². The fourth-order valence-electron chi connectivity index (χ4n) is 3.75. The molecule has 0 radical (unpaired) electrons. The summed E-state index contributed by atoms with van der Waals surface area (Å²) in [6, 6.07) is 10.9. The molecular formula is C23H14N6O8S. The van der Waals surface area contributed by atoms with Crippen molar-refractivity contribution in [3.8, 4) is 34.1 Å². The molecule has 0 aliphatic heterocycles. The summed E-state index contributed by atoms with van der Waals surface area (Å²) in [5, 5.41) is 48.8. The van der Waals surface area contributed by atoms with Crippen LogP contribution in [0.2, 0.25) is 0 Å². The van der Waals surface area contributed by atoms with E-state index in [9.17, 15) is 33.3 Å². The number of phenolic OH excluding ortho intramolecular Hbond substituents is 3. The molecule has 2 aliphatic carbocycles. The highest BCUT2D eigenvalue weighted by Gasteiger charge is 2.30. The second-order valence-corrected chi connectivity index (χ2v) is 9.22.